The fourth-order valence-electron chi connectivity index (χ4n) is 3.20. The molecule has 2 heterocycles. The van der Waals surface area contributed by atoms with Crippen LogP contribution in [-0.4, -0.2) is 32.1 Å². The number of terminal acetylenes is 1. The van der Waals surface area contributed by atoms with Gasteiger partial charge in [0.25, 0.3) is 0 Å². The third kappa shape index (κ3) is 2.21. The molecule has 1 aromatic heterocycles. The van der Waals surface area contributed by atoms with Gasteiger partial charge in [-0.15, -0.1) is 6.42 Å². The molecule has 3 rings (SSSR count). The quantitative estimate of drug-likeness (QED) is 0.607. The van der Waals surface area contributed by atoms with Crippen molar-refractivity contribution in [2.24, 2.45) is 0 Å². The van der Waals surface area contributed by atoms with Crippen LogP contribution in [0.2, 0.25) is 0 Å². The summed E-state index contributed by atoms with van der Waals surface area (Å²) in [5.41, 5.74) is 0.160. The van der Waals surface area contributed by atoms with E-state index in [4.69, 9.17) is 11.5 Å². The number of para-hydroxylation sites is 1. The third-order valence-corrected chi connectivity index (χ3v) is 4.60. The van der Waals surface area contributed by atoms with Crippen molar-refractivity contribution in [3.8, 4) is 12.3 Å². The van der Waals surface area contributed by atoms with E-state index in [9.17, 15) is 14.7 Å². The van der Waals surface area contributed by atoms with Gasteiger partial charge in [0.15, 0.2) is 0 Å². The summed E-state index contributed by atoms with van der Waals surface area (Å²) in [7, 11) is 0. The highest BCUT2D eigenvalue weighted by Gasteiger charge is 2.33. The fourth-order valence-corrected chi connectivity index (χ4v) is 3.20. The van der Waals surface area contributed by atoms with Crippen LogP contribution in [0, 0.1) is 12.3 Å². The summed E-state index contributed by atoms with van der Waals surface area (Å²) in [4.78, 5) is 24.8. The largest absolute Gasteiger partial charge is 0.394 e. The molecule has 0 bridgehead atoms. The van der Waals surface area contributed by atoms with Crippen LogP contribution in [-0.2, 0) is 18.5 Å². The Balaban J connectivity index is 2.43. The zero-order valence-corrected chi connectivity index (χ0v) is 12.8. The molecular formula is C17H18N2O4. The lowest BCUT2D eigenvalue weighted by Crippen LogP contribution is -2.46. The summed E-state index contributed by atoms with van der Waals surface area (Å²) in [6.07, 6.45) is 5.17. The molecule has 2 aromatic rings. The molecule has 0 radical (unpaired) electrons. The maximum Gasteiger partial charge on any atom is 0.317 e. The molecule has 6 nitrogen and oxygen atoms in total. The molecule has 6 heteroatoms. The summed E-state index contributed by atoms with van der Waals surface area (Å²) in [6, 6.07) is 5.38. The molecule has 0 saturated carbocycles. The van der Waals surface area contributed by atoms with Gasteiger partial charge in [0.2, 0.25) is 0 Å². The van der Waals surface area contributed by atoms with Gasteiger partial charge in [0, 0.05) is 6.54 Å². The van der Waals surface area contributed by atoms with Crippen molar-refractivity contribution >= 4 is 11.0 Å². The predicted molar refractivity (Wildman–Crippen MR) is 86.4 cm³/mol. The van der Waals surface area contributed by atoms with Crippen LogP contribution >= 0.6 is 0 Å². The average molecular weight is 314 g/mol. The average Bonchev–Trinajstić information content (AvgIpc) is 2.57. The minimum Gasteiger partial charge on any atom is -0.394 e. The Labute approximate surface area is 132 Å². The molecule has 1 aliphatic heterocycles. The maximum absolute atomic E-state index is 12.4. The van der Waals surface area contributed by atoms with Crippen molar-refractivity contribution < 1.29 is 10.2 Å². The summed E-state index contributed by atoms with van der Waals surface area (Å²) < 4.78 is 2.69. The second-order valence-corrected chi connectivity index (χ2v) is 6.11. The lowest BCUT2D eigenvalue weighted by Gasteiger charge is -2.32. The molecule has 1 aromatic carbocycles. The standard InChI is InChI=1S/C17H18N2O4/c1-3-17(2)7-8-18-14-12(17)5-4-6-13(14)19(9-11(21)10-20)16(23)15(18)22/h1,4-6,11,20-21H,7-10H2,2H3/t11?,17-/m0/s1. The Morgan fingerprint density at radius 1 is 1.39 bits per heavy atom. The van der Waals surface area contributed by atoms with E-state index in [0.29, 0.717) is 24.0 Å². The van der Waals surface area contributed by atoms with E-state index in [1.54, 1.807) is 12.1 Å². The van der Waals surface area contributed by atoms with Crippen LogP contribution in [0.3, 0.4) is 0 Å². The molecule has 1 aliphatic rings. The summed E-state index contributed by atoms with van der Waals surface area (Å²) >= 11 is 0. The van der Waals surface area contributed by atoms with Crippen LogP contribution in [0.1, 0.15) is 18.9 Å². The van der Waals surface area contributed by atoms with E-state index >= 15 is 0 Å². The van der Waals surface area contributed by atoms with Gasteiger partial charge in [0.1, 0.15) is 0 Å². The van der Waals surface area contributed by atoms with Crippen molar-refractivity contribution in [3.05, 3.63) is 44.5 Å². The number of rotatable bonds is 3. The summed E-state index contributed by atoms with van der Waals surface area (Å²) in [5.74, 6) is 2.79. The SMILES string of the molecule is C#C[C@@]1(C)CCn2c(=O)c(=O)n(CC(O)CO)c3cccc1c32. The van der Waals surface area contributed by atoms with Crippen molar-refractivity contribution in [3.63, 3.8) is 0 Å². The Morgan fingerprint density at radius 2 is 2.13 bits per heavy atom. The minimum atomic E-state index is -1.11. The van der Waals surface area contributed by atoms with E-state index in [0.717, 1.165) is 5.56 Å². The zero-order valence-electron chi connectivity index (χ0n) is 12.8. The first-order valence-electron chi connectivity index (χ1n) is 7.46. The Kier molecular flexibility index (Phi) is 3.63. The topological polar surface area (TPSA) is 84.5 Å². The molecule has 0 amide bonds. The Morgan fingerprint density at radius 3 is 2.78 bits per heavy atom. The molecule has 0 saturated heterocycles. The smallest absolute Gasteiger partial charge is 0.317 e. The van der Waals surface area contributed by atoms with Gasteiger partial charge in [-0.1, -0.05) is 18.1 Å². The van der Waals surface area contributed by atoms with Gasteiger partial charge in [-0.2, -0.15) is 0 Å². The Bertz CT molecular complexity index is 934. The monoisotopic (exact) mass is 314 g/mol. The van der Waals surface area contributed by atoms with Crippen LogP contribution in [0.25, 0.3) is 11.0 Å². The van der Waals surface area contributed by atoms with Gasteiger partial charge in [0.05, 0.1) is 35.7 Å². The maximum atomic E-state index is 12.4. The van der Waals surface area contributed by atoms with Crippen molar-refractivity contribution in [2.75, 3.05) is 6.61 Å². The number of aryl methyl sites for hydroxylation is 1. The molecule has 2 N–H and O–H groups in total. The van der Waals surface area contributed by atoms with Crippen molar-refractivity contribution in [1.82, 2.24) is 9.13 Å². The van der Waals surface area contributed by atoms with Gasteiger partial charge in [-0.25, -0.2) is 0 Å². The van der Waals surface area contributed by atoms with Crippen LogP contribution in [0.5, 0.6) is 0 Å². The van der Waals surface area contributed by atoms with E-state index in [2.05, 4.69) is 5.92 Å². The van der Waals surface area contributed by atoms with E-state index in [1.807, 2.05) is 13.0 Å². The van der Waals surface area contributed by atoms with E-state index in [1.165, 1.54) is 9.13 Å². The van der Waals surface area contributed by atoms with Crippen molar-refractivity contribution in [2.45, 2.75) is 38.0 Å². The van der Waals surface area contributed by atoms with Gasteiger partial charge < -0.3 is 14.8 Å². The summed E-state index contributed by atoms with van der Waals surface area (Å²) in [6.45, 7) is 1.69. The number of hydrogen-bond acceptors (Lipinski definition) is 4. The number of nitrogens with zero attached hydrogens (tertiary/aromatic N) is 2. The van der Waals surface area contributed by atoms with Crippen LogP contribution in [0.15, 0.2) is 27.8 Å². The highest BCUT2D eigenvalue weighted by atomic mass is 16.3. The highest BCUT2D eigenvalue weighted by Crippen LogP contribution is 2.36. The highest BCUT2D eigenvalue weighted by molar-refractivity contribution is 5.81. The van der Waals surface area contributed by atoms with Crippen LogP contribution < -0.4 is 11.1 Å². The second kappa shape index (κ2) is 5.37. The lowest BCUT2D eigenvalue weighted by atomic mass is 9.77. The normalized spacial score (nSPS) is 21.1. The second-order valence-electron chi connectivity index (χ2n) is 6.11. The van der Waals surface area contributed by atoms with Crippen LogP contribution in [0.4, 0.5) is 0 Å². The lowest BCUT2D eigenvalue weighted by molar-refractivity contribution is 0.0812. The first-order valence-corrected chi connectivity index (χ1v) is 7.46. The van der Waals surface area contributed by atoms with E-state index in [-0.39, 0.29) is 6.54 Å². The molecule has 1 unspecified atom stereocenters. The molecular weight excluding hydrogens is 296 g/mol. The number of aliphatic hydroxyl groups excluding tert-OH is 2. The molecule has 23 heavy (non-hydrogen) atoms. The first-order chi connectivity index (χ1) is 10.9. The third-order valence-electron chi connectivity index (χ3n) is 4.60. The zero-order chi connectivity index (χ0) is 16.8. The molecule has 120 valence electrons. The summed E-state index contributed by atoms with van der Waals surface area (Å²) in [5, 5.41) is 18.7. The molecule has 2 atom stereocenters. The number of benzene rings is 1. The van der Waals surface area contributed by atoms with Crippen molar-refractivity contribution in [1.29, 1.82) is 0 Å². The van der Waals surface area contributed by atoms with Gasteiger partial charge >= 0.3 is 11.1 Å². The molecule has 0 spiro atoms. The minimum absolute atomic E-state index is 0.141. The van der Waals surface area contributed by atoms with Gasteiger partial charge in [-0.05, 0) is 25.0 Å². The molecule has 0 fully saturated rings. The number of aliphatic hydroxyl groups is 2. The fraction of sp³-hybridized carbons (Fsp3) is 0.412. The predicted octanol–water partition coefficient (Wildman–Crippen LogP) is -0.189. The number of aromatic nitrogens is 2. The first kappa shape index (κ1) is 15.5. The van der Waals surface area contributed by atoms with E-state index < -0.39 is 29.2 Å². The number of hydrogen-bond donors (Lipinski definition) is 2. The Hall–Kier alpha value is -2.36. The van der Waals surface area contributed by atoms with Gasteiger partial charge in [-0.3, -0.25) is 14.2 Å². The molecule has 0 aliphatic carbocycles.